The summed E-state index contributed by atoms with van der Waals surface area (Å²) in [5.41, 5.74) is 4.03. The molecular formula is C25H23FN6O2. The summed E-state index contributed by atoms with van der Waals surface area (Å²) in [6, 6.07) is 15.4. The number of carbonyl (C=O) groups excluding carboxylic acids is 1. The first-order valence-corrected chi connectivity index (χ1v) is 10.9. The number of carbonyl (C=O) groups is 1. The minimum Gasteiger partial charge on any atom is -0.494 e. The third-order valence-corrected chi connectivity index (χ3v) is 5.73. The number of nitrogens with one attached hydrogen (secondary N) is 2. The monoisotopic (exact) mass is 458 g/mol. The van der Waals surface area contributed by atoms with Crippen LogP contribution in [0.25, 0.3) is 22.3 Å². The van der Waals surface area contributed by atoms with Gasteiger partial charge in [0.15, 0.2) is 5.82 Å². The maximum Gasteiger partial charge on any atom is 0.253 e. The summed E-state index contributed by atoms with van der Waals surface area (Å²) in [5.74, 6) is 0.469. The number of amides is 1. The Morgan fingerprint density at radius 2 is 1.85 bits per heavy atom. The highest BCUT2D eigenvalue weighted by Gasteiger charge is 2.18. The lowest BCUT2D eigenvalue weighted by atomic mass is 10.1. The molecule has 172 valence electrons. The van der Waals surface area contributed by atoms with Crippen LogP contribution in [0.15, 0.2) is 60.9 Å². The predicted octanol–water partition coefficient (Wildman–Crippen LogP) is 3.63. The maximum absolute atomic E-state index is 13.6. The summed E-state index contributed by atoms with van der Waals surface area (Å²) < 4.78 is 18.9. The van der Waals surface area contributed by atoms with Crippen LogP contribution in [0.2, 0.25) is 0 Å². The molecule has 1 fully saturated rings. The average molecular weight is 458 g/mol. The quantitative estimate of drug-likeness (QED) is 0.472. The highest BCUT2D eigenvalue weighted by molar-refractivity contribution is 5.95. The van der Waals surface area contributed by atoms with Crippen LogP contribution in [-0.4, -0.2) is 59.0 Å². The van der Waals surface area contributed by atoms with Gasteiger partial charge in [0.2, 0.25) is 0 Å². The molecule has 2 N–H and O–H groups in total. The van der Waals surface area contributed by atoms with Crippen molar-refractivity contribution in [1.82, 2.24) is 25.2 Å². The van der Waals surface area contributed by atoms with Crippen LogP contribution in [0.4, 0.5) is 15.9 Å². The van der Waals surface area contributed by atoms with Gasteiger partial charge >= 0.3 is 0 Å². The van der Waals surface area contributed by atoms with E-state index in [0.717, 1.165) is 24.3 Å². The van der Waals surface area contributed by atoms with E-state index >= 15 is 0 Å². The number of piperazine rings is 1. The number of benzene rings is 2. The number of aromatic nitrogens is 3. The van der Waals surface area contributed by atoms with E-state index in [-0.39, 0.29) is 5.91 Å². The molecule has 4 aromatic rings. The van der Waals surface area contributed by atoms with E-state index in [4.69, 9.17) is 9.72 Å². The number of hydrogen-bond acceptors (Lipinski definition) is 7. The van der Waals surface area contributed by atoms with Crippen molar-refractivity contribution < 1.29 is 13.9 Å². The van der Waals surface area contributed by atoms with E-state index < -0.39 is 5.82 Å². The zero-order valence-corrected chi connectivity index (χ0v) is 18.6. The first-order valence-electron chi connectivity index (χ1n) is 10.9. The Labute approximate surface area is 195 Å². The smallest absolute Gasteiger partial charge is 0.253 e. The van der Waals surface area contributed by atoms with Gasteiger partial charge < -0.3 is 20.3 Å². The lowest BCUT2D eigenvalue weighted by Crippen LogP contribution is -2.46. The fraction of sp³-hybridized carbons (Fsp3) is 0.200. The van der Waals surface area contributed by atoms with E-state index in [2.05, 4.69) is 20.6 Å². The van der Waals surface area contributed by atoms with Gasteiger partial charge in [0, 0.05) is 43.4 Å². The zero-order valence-electron chi connectivity index (χ0n) is 18.6. The van der Waals surface area contributed by atoms with Gasteiger partial charge in [0.05, 0.1) is 24.0 Å². The van der Waals surface area contributed by atoms with Crippen LogP contribution in [0, 0.1) is 5.82 Å². The molecule has 3 heterocycles. The maximum atomic E-state index is 13.6. The van der Waals surface area contributed by atoms with Crippen LogP contribution >= 0.6 is 0 Å². The van der Waals surface area contributed by atoms with Crippen molar-refractivity contribution in [3.63, 3.8) is 0 Å². The summed E-state index contributed by atoms with van der Waals surface area (Å²) in [7, 11) is 1.48. The van der Waals surface area contributed by atoms with Crippen LogP contribution < -0.4 is 15.4 Å². The first kappa shape index (κ1) is 21.7. The number of ether oxygens (including phenoxy) is 1. The SMILES string of the molecule is COc1cc(F)ccc1Nc1ncnc2ccc(-c3ccc(C(=O)N4CCNCC4)cc3)nc12. The molecule has 0 unspecified atom stereocenters. The molecule has 1 saturated heterocycles. The highest BCUT2D eigenvalue weighted by atomic mass is 19.1. The number of anilines is 2. The fourth-order valence-corrected chi connectivity index (χ4v) is 3.92. The predicted molar refractivity (Wildman–Crippen MR) is 128 cm³/mol. The molecule has 2 aromatic carbocycles. The van der Waals surface area contributed by atoms with Crippen molar-refractivity contribution in [3.05, 3.63) is 72.3 Å². The van der Waals surface area contributed by atoms with Crippen molar-refractivity contribution in [2.75, 3.05) is 38.6 Å². The Morgan fingerprint density at radius 3 is 2.62 bits per heavy atom. The molecule has 0 saturated carbocycles. The Bertz CT molecular complexity index is 1340. The molecule has 0 atom stereocenters. The second-order valence-corrected chi connectivity index (χ2v) is 7.88. The molecule has 1 aliphatic rings. The fourth-order valence-electron chi connectivity index (χ4n) is 3.92. The summed E-state index contributed by atoms with van der Waals surface area (Å²) >= 11 is 0. The van der Waals surface area contributed by atoms with Gasteiger partial charge in [-0.25, -0.2) is 19.3 Å². The van der Waals surface area contributed by atoms with E-state index in [0.29, 0.717) is 46.9 Å². The number of halogens is 1. The standard InChI is InChI=1S/C25H23FN6O2/c1-34-22-14-18(26)6-7-20(22)31-24-23-21(28-15-29-24)9-8-19(30-23)16-2-4-17(5-3-16)25(33)32-12-10-27-11-13-32/h2-9,14-15,27H,10-13H2,1H3,(H,28,29,31). The molecule has 34 heavy (non-hydrogen) atoms. The van der Waals surface area contributed by atoms with Gasteiger partial charge in [-0.15, -0.1) is 0 Å². The van der Waals surface area contributed by atoms with Crippen LogP contribution in [-0.2, 0) is 0 Å². The molecule has 2 aromatic heterocycles. The second kappa shape index (κ2) is 9.40. The van der Waals surface area contributed by atoms with Gasteiger partial charge in [-0.05, 0) is 36.4 Å². The van der Waals surface area contributed by atoms with Crippen molar-refractivity contribution in [2.24, 2.45) is 0 Å². The van der Waals surface area contributed by atoms with Gasteiger partial charge in [0.1, 0.15) is 23.4 Å². The molecule has 5 rings (SSSR count). The summed E-state index contributed by atoms with van der Waals surface area (Å²) in [5, 5.41) is 6.43. The van der Waals surface area contributed by atoms with Crippen LogP contribution in [0.5, 0.6) is 5.75 Å². The van der Waals surface area contributed by atoms with Crippen molar-refractivity contribution >= 4 is 28.4 Å². The number of nitrogens with zero attached hydrogens (tertiary/aromatic N) is 4. The first-order chi connectivity index (χ1) is 16.6. The van der Waals surface area contributed by atoms with E-state index in [1.807, 2.05) is 41.3 Å². The molecule has 8 nitrogen and oxygen atoms in total. The molecule has 1 amide bonds. The van der Waals surface area contributed by atoms with Crippen molar-refractivity contribution in [3.8, 4) is 17.0 Å². The second-order valence-electron chi connectivity index (χ2n) is 7.88. The van der Waals surface area contributed by atoms with E-state index in [1.54, 1.807) is 6.07 Å². The Kier molecular flexibility index (Phi) is 6.01. The van der Waals surface area contributed by atoms with Crippen LogP contribution in [0.3, 0.4) is 0 Å². The molecule has 0 aliphatic carbocycles. The summed E-state index contributed by atoms with van der Waals surface area (Å²) in [6.07, 6.45) is 1.44. The Morgan fingerprint density at radius 1 is 1.06 bits per heavy atom. The molecule has 9 heteroatoms. The van der Waals surface area contributed by atoms with Gasteiger partial charge in [-0.2, -0.15) is 0 Å². The number of pyridine rings is 1. The van der Waals surface area contributed by atoms with E-state index in [9.17, 15) is 9.18 Å². The summed E-state index contributed by atoms with van der Waals surface area (Å²) in [4.78, 5) is 28.0. The average Bonchev–Trinajstić information content (AvgIpc) is 2.90. The third kappa shape index (κ3) is 4.38. The van der Waals surface area contributed by atoms with Crippen molar-refractivity contribution in [1.29, 1.82) is 0 Å². The van der Waals surface area contributed by atoms with Gasteiger partial charge in [0.25, 0.3) is 5.91 Å². The lowest BCUT2D eigenvalue weighted by Gasteiger charge is -2.27. The lowest BCUT2D eigenvalue weighted by molar-refractivity contribution is 0.0736. The largest absolute Gasteiger partial charge is 0.494 e. The Balaban J connectivity index is 1.44. The topological polar surface area (TPSA) is 92.3 Å². The molecular weight excluding hydrogens is 435 g/mol. The molecule has 1 aliphatic heterocycles. The minimum absolute atomic E-state index is 0.0349. The van der Waals surface area contributed by atoms with Gasteiger partial charge in [-0.3, -0.25) is 4.79 Å². The van der Waals surface area contributed by atoms with E-state index in [1.165, 1.54) is 25.6 Å². The normalized spacial score (nSPS) is 13.6. The summed E-state index contributed by atoms with van der Waals surface area (Å²) in [6.45, 7) is 3.04. The van der Waals surface area contributed by atoms with Gasteiger partial charge in [-0.1, -0.05) is 12.1 Å². The van der Waals surface area contributed by atoms with Crippen LogP contribution in [0.1, 0.15) is 10.4 Å². The zero-order chi connectivity index (χ0) is 23.5. The van der Waals surface area contributed by atoms with Crippen molar-refractivity contribution in [2.45, 2.75) is 0 Å². The highest BCUT2D eigenvalue weighted by Crippen LogP contribution is 2.30. The number of hydrogen-bond donors (Lipinski definition) is 2. The Hall–Kier alpha value is -4.11. The molecule has 0 radical (unpaired) electrons. The molecule has 0 bridgehead atoms. The number of fused-ring (bicyclic) bond motifs is 1. The molecule has 0 spiro atoms. The number of rotatable bonds is 5. The minimum atomic E-state index is -0.394. The number of methoxy groups -OCH3 is 1. The third-order valence-electron chi connectivity index (χ3n) is 5.73.